The minimum absolute atomic E-state index is 0.0981. The Morgan fingerprint density at radius 3 is 2.63 bits per heavy atom. The van der Waals surface area contributed by atoms with Crippen LogP contribution in [0.3, 0.4) is 0 Å². The lowest BCUT2D eigenvalue weighted by atomic mass is 9.89. The molecule has 0 aromatic carbocycles. The number of carbonyl (C=O) groups is 2. The summed E-state index contributed by atoms with van der Waals surface area (Å²) in [5, 5.41) is 14.0. The van der Waals surface area contributed by atoms with Gasteiger partial charge in [-0.05, 0) is 12.8 Å². The van der Waals surface area contributed by atoms with Crippen LogP contribution in [0.2, 0.25) is 0 Å². The highest BCUT2D eigenvalue weighted by atomic mass is 16.5. The van der Waals surface area contributed by atoms with Crippen LogP contribution < -0.4 is 10.6 Å². The summed E-state index contributed by atoms with van der Waals surface area (Å²) in [6, 6.07) is 0. The molecular weight excluding hydrogens is 348 g/mol. The van der Waals surface area contributed by atoms with Crippen molar-refractivity contribution in [2.75, 3.05) is 5.32 Å². The van der Waals surface area contributed by atoms with E-state index in [1.807, 2.05) is 0 Å². The minimum Gasteiger partial charge on any atom is -0.343 e. The minimum atomic E-state index is -0.567. The zero-order valence-electron chi connectivity index (χ0n) is 15.8. The molecule has 1 saturated carbocycles. The maximum Gasteiger partial charge on any atom is 0.227 e. The summed E-state index contributed by atoms with van der Waals surface area (Å²) in [5.74, 6) is 0.676. The number of aromatic nitrogens is 4. The number of aryl methyl sites for hydroxylation is 2. The smallest absolute Gasteiger partial charge is 0.227 e. The Morgan fingerprint density at radius 1 is 1.26 bits per heavy atom. The molecule has 0 atom stereocenters. The lowest BCUT2D eigenvalue weighted by Gasteiger charge is -2.30. The Morgan fingerprint density at radius 2 is 2.00 bits per heavy atom. The third-order valence-electron chi connectivity index (χ3n) is 4.82. The van der Waals surface area contributed by atoms with Crippen LogP contribution in [-0.2, 0) is 28.6 Å². The van der Waals surface area contributed by atoms with Gasteiger partial charge in [0, 0.05) is 33.0 Å². The van der Waals surface area contributed by atoms with Crippen LogP contribution in [-0.4, -0.2) is 31.7 Å². The summed E-state index contributed by atoms with van der Waals surface area (Å²) in [4.78, 5) is 28.3. The molecule has 1 aliphatic rings. The average molecular weight is 374 g/mol. The molecule has 2 amide bonds. The Kier molecular flexibility index (Phi) is 5.88. The lowest BCUT2D eigenvalue weighted by molar-refractivity contribution is -0.121. The third kappa shape index (κ3) is 4.93. The number of hydrogen-bond acceptors (Lipinski definition) is 6. The van der Waals surface area contributed by atoms with Crippen LogP contribution in [0.5, 0.6) is 0 Å². The standard InChI is InChI=1S/C18H26N6O3/c1-13(25)22-18(9-5-3-4-6-10-18)17-21-16(27-23-17)8-7-15(26)20-14-11-19-24(2)12-14/h11-12H,3-10H2,1-2H3,(H,20,26)(H,22,25). The molecule has 0 spiro atoms. The fourth-order valence-electron chi connectivity index (χ4n) is 3.55. The van der Waals surface area contributed by atoms with Crippen molar-refractivity contribution in [3.63, 3.8) is 0 Å². The van der Waals surface area contributed by atoms with Gasteiger partial charge in [-0.25, -0.2) is 0 Å². The van der Waals surface area contributed by atoms with E-state index in [0.29, 0.717) is 23.8 Å². The average Bonchev–Trinajstić information content (AvgIpc) is 3.18. The van der Waals surface area contributed by atoms with Crippen molar-refractivity contribution >= 4 is 17.5 Å². The molecule has 27 heavy (non-hydrogen) atoms. The molecule has 0 bridgehead atoms. The number of amides is 2. The monoisotopic (exact) mass is 374 g/mol. The van der Waals surface area contributed by atoms with E-state index in [0.717, 1.165) is 38.5 Å². The van der Waals surface area contributed by atoms with Gasteiger partial charge in [-0.15, -0.1) is 0 Å². The van der Waals surface area contributed by atoms with Gasteiger partial charge in [0.1, 0.15) is 5.54 Å². The molecule has 2 aromatic rings. The quantitative estimate of drug-likeness (QED) is 0.748. The molecule has 9 nitrogen and oxygen atoms in total. The summed E-state index contributed by atoms with van der Waals surface area (Å²) >= 11 is 0. The van der Waals surface area contributed by atoms with Crippen LogP contribution in [0.1, 0.15) is 63.6 Å². The van der Waals surface area contributed by atoms with Crippen molar-refractivity contribution in [3.05, 3.63) is 24.1 Å². The number of carbonyl (C=O) groups excluding carboxylic acids is 2. The fraction of sp³-hybridized carbons (Fsp3) is 0.611. The van der Waals surface area contributed by atoms with E-state index in [4.69, 9.17) is 4.52 Å². The molecule has 0 unspecified atom stereocenters. The molecule has 2 N–H and O–H groups in total. The van der Waals surface area contributed by atoms with Crippen LogP contribution in [0.15, 0.2) is 16.9 Å². The highest BCUT2D eigenvalue weighted by molar-refractivity contribution is 5.90. The number of nitrogens with zero attached hydrogens (tertiary/aromatic N) is 4. The maximum absolute atomic E-state index is 12.1. The zero-order valence-corrected chi connectivity index (χ0v) is 15.8. The Balaban J connectivity index is 1.63. The van der Waals surface area contributed by atoms with E-state index in [1.165, 1.54) is 6.92 Å². The van der Waals surface area contributed by atoms with Gasteiger partial charge < -0.3 is 15.2 Å². The Labute approximate surface area is 157 Å². The first-order valence-corrected chi connectivity index (χ1v) is 9.37. The number of anilines is 1. The predicted octanol–water partition coefficient (Wildman–Crippen LogP) is 2.06. The first-order valence-electron chi connectivity index (χ1n) is 9.37. The largest absolute Gasteiger partial charge is 0.343 e. The summed E-state index contributed by atoms with van der Waals surface area (Å²) in [5.41, 5.74) is 0.0824. The predicted molar refractivity (Wildman–Crippen MR) is 97.7 cm³/mol. The highest BCUT2D eigenvalue weighted by Gasteiger charge is 2.38. The summed E-state index contributed by atoms with van der Waals surface area (Å²) < 4.78 is 6.98. The van der Waals surface area contributed by atoms with Gasteiger partial charge in [0.15, 0.2) is 5.82 Å². The van der Waals surface area contributed by atoms with Gasteiger partial charge in [0.05, 0.1) is 11.9 Å². The van der Waals surface area contributed by atoms with E-state index >= 15 is 0 Å². The Bertz CT molecular complexity index is 789. The maximum atomic E-state index is 12.1. The van der Waals surface area contributed by atoms with Crippen LogP contribution in [0, 0.1) is 0 Å². The highest BCUT2D eigenvalue weighted by Crippen LogP contribution is 2.34. The zero-order chi connectivity index (χ0) is 19.3. The number of rotatable bonds is 6. The van der Waals surface area contributed by atoms with E-state index in [2.05, 4.69) is 25.9 Å². The first kappa shape index (κ1) is 19.1. The molecule has 2 aromatic heterocycles. The fourth-order valence-corrected chi connectivity index (χ4v) is 3.55. The van der Waals surface area contributed by atoms with Gasteiger partial charge in [0.25, 0.3) is 0 Å². The van der Waals surface area contributed by atoms with E-state index in [-0.39, 0.29) is 18.2 Å². The molecule has 9 heteroatoms. The van der Waals surface area contributed by atoms with Gasteiger partial charge in [-0.3, -0.25) is 14.3 Å². The van der Waals surface area contributed by atoms with E-state index in [1.54, 1.807) is 24.1 Å². The van der Waals surface area contributed by atoms with Gasteiger partial charge in [-0.1, -0.05) is 30.8 Å². The van der Waals surface area contributed by atoms with Crippen molar-refractivity contribution in [2.24, 2.45) is 7.05 Å². The van der Waals surface area contributed by atoms with Crippen LogP contribution in [0.25, 0.3) is 0 Å². The van der Waals surface area contributed by atoms with E-state index in [9.17, 15) is 9.59 Å². The van der Waals surface area contributed by atoms with Gasteiger partial charge >= 0.3 is 0 Å². The summed E-state index contributed by atoms with van der Waals surface area (Å²) in [6.07, 6.45) is 9.79. The van der Waals surface area contributed by atoms with Crippen molar-refractivity contribution in [1.82, 2.24) is 25.2 Å². The topological polar surface area (TPSA) is 115 Å². The van der Waals surface area contributed by atoms with Crippen molar-refractivity contribution in [3.8, 4) is 0 Å². The molecule has 1 aliphatic carbocycles. The van der Waals surface area contributed by atoms with Crippen LogP contribution in [0.4, 0.5) is 5.69 Å². The molecule has 3 rings (SSSR count). The second kappa shape index (κ2) is 8.32. The van der Waals surface area contributed by atoms with Crippen molar-refractivity contribution < 1.29 is 14.1 Å². The SMILES string of the molecule is CC(=O)NC1(c2noc(CCC(=O)Nc3cnn(C)c3)n2)CCCCCC1. The second-order valence-electron chi connectivity index (χ2n) is 7.14. The molecule has 1 fully saturated rings. The van der Waals surface area contributed by atoms with Crippen molar-refractivity contribution in [2.45, 2.75) is 63.8 Å². The van der Waals surface area contributed by atoms with Crippen molar-refractivity contribution in [1.29, 1.82) is 0 Å². The normalized spacial score (nSPS) is 16.5. The van der Waals surface area contributed by atoms with Crippen LogP contribution >= 0.6 is 0 Å². The second-order valence-corrected chi connectivity index (χ2v) is 7.14. The third-order valence-corrected chi connectivity index (χ3v) is 4.82. The molecule has 0 radical (unpaired) electrons. The molecule has 0 saturated heterocycles. The lowest BCUT2D eigenvalue weighted by Crippen LogP contribution is -2.45. The van der Waals surface area contributed by atoms with E-state index < -0.39 is 5.54 Å². The summed E-state index contributed by atoms with van der Waals surface area (Å²) in [7, 11) is 1.79. The molecular formula is C18H26N6O3. The summed E-state index contributed by atoms with van der Waals surface area (Å²) in [6.45, 7) is 1.51. The number of hydrogen-bond donors (Lipinski definition) is 2. The number of nitrogens with one attached hydrogen (secondary N) is 2. The molecule has 0 aliphatic heterocycles. The molecule has 2 heterocycles. The first-order chi connectivity index (χ1) is 13.0. The van der Waals surface area contributed by atoms with Gasteiger partial charge in [-0.2, -0.15) is 10.1 Å². The Hall–Kier alpha value is -2.71. The van der Waals surface area contributed by atoms with Gasteiger partial charge in [0.2, 0.25) is 17.7 Å². The molecule has 146 valence electrons.